The number of nitrogens with zero attached hydrogens (tertiary/aromatic N) is 1. The number of benzene rings is 4. The van der Waals surface area contributed by atoms with Crippen LogP contribution in [0.2, 0.25) is 0 Å². The highest BCUT2D eigenvalue weighted by Gasteiger charge is 2.44. The van der Waals surface area contributed by atoms with Gasteiger partial charge in [-0.05, 0) is 65.9 Å². The molecule has 0 spiro atoms. The molecule has 7 nitrogen and oxygen atoms in total. The van der Waals surface area contributed by atoms with E-state index in [-0.39, 0.29) is 25.2 Å². The second-order valence-electron chi connectivity index (χ2n) is 10.0. The van der Waals surface area contributed by atoms with Crippen LogP contribution in [0.1, 0.15) is 47.7 Å². The fourth-order valence-corrected chi connectivity index (χ4v) is 5.20. The number of nitrogens with one attached hydrogen (secondary N) is 1. The van der Waals surface area contributed by atoms with Gasteiger partial charge in [0.2, 0.25) is 5.91 Å². The number of phenolic OH excluding ortho intramolecular Hbond substituents is 1. The van der Waals surface area contributed by atoms with Gasteiger partial charge in [-0.25, -0.2) is 14.1 Å². The van der Waals surface area contributed by atoms with E-state index in [1.54, 1.807) is 24.3 Å². The number of hydrogen-bond donors (Lipinski definition) is 3. The molecule has 0 saturated carbocycles. The number of carbonyl (C=O) groups is 2. The molecule has 1 aliphatic rings. The number of aliphatic hydroxyl groups excluding tert-OH is 1. The molecule has 3 N–H and O–H groups in total. The minimum atomic E-state index is -0.952. The Morgan fingerprint density at radius 2 is 1.51 bits per heavy atom. The SMILES string of the molecule is O=C1OC[C@H](c2ccccc2)N1C(=O)[C@H](CC[C@H](O)c1ccc(F)cc1)[C@H](Nc1ccc(O)cc1)c1ccccc1. The summed E-state index contributed by atoms with van der Waals surface area (Å²) in [5.41, 5.74) is 2.78. The molecule has 2 amide bonds. The normalized spacial score (nSPS) is 17.0. The van der Waals surface area contributed by atoms with Gasteiger partial charge in [0.1, 0.15) is 24.2 Å². The molecule has 4 atom stereocenters. The van der Waals surface area contributed by atoms with Crippen LogP contribution in [-0.2, 0) is 9.53 Å². The molecule has 5 rings (SSSR count). The number of ether oxygens (including phenoxy) is 1. The zero-order valence-corrected chi connectivity index (χ0v) is 22.3. The summed E-state index contributed by atoms with van der Waals surface area (Å²) >= 11 is 0. The lowest BCUT2D eigenvalue weighted by atomic mass is 9.85. The number of halogens is 1. The van der Waals surface area contributed by atoms with Crippen molar-refractivity contribution in [2.45, 2.75) is 31.0 Å². The Balaban J connectivity index is 1.51. The van der Waals surface area contributed by atoms with Gasteiger partial charge in [-0.2, -0.15) is 0 Å². The minimum Gasteiger partial charge on any atom is -0.508 e. The largest absolute Gasteiger partial charge is 0.508 e. The van der Waals surface area contributed by atoms with E-state index in [4.69, 9.17) is 4.74 Å². The van der Waals surface area contributed by atoms with Gasteiger partial charge in [0.15, 0.2) is 0 Å². The maximum absolute atomic E-state index is 14.4. The van der Waals surface area contributed by atoms with Crippen LogP contribution in [-0.4, -0.2) is 33.7 Å². The Morgan fingerprint density at radius 3 is 2.17 bits per heavy atom. The minimum absolute atomic E-state index is 0.0426. The lowest BCUT2D eigenvalue weighted by Gasteiger charge is -2.32. The van der Waals surface area contributed by atoms with Crippen molar-refractivity contribution in [1.29, 1.82) is 0 Å². The molecule has 0 radical (unpaired) electrons. The molecule has 4 aromatic carbocycles. The zero-order valence-electron chi connectivity index (χ0n) is 22.3. The van der Waals surface area contributed by atoms with E-state index in [0.29, 0.717) is 11.3 Å². The molecular weight excluding hydrogens is 523 g/mol. The Kier molecular flexibility index (Phi) is 8.60. The van der Waals surface area contributed by atoms with Crippen molar-refractivity contribution in [1.82, 2.24) is 4.90 Å². The van der Waals surface area contributed by atoms with Crippen LogP contribution < -0.4 is 5.32 Å². The van der Waals surface area contributed by atoms with Gasteiger partial charge < -0.3 is 20.3 Å². The lowest BCUT2D eigenvalue weighted by molar-refractivity contribution is -0.134. The standard InChI is InChI=1S/C33H31FN2O5/c34-25-13-11-23(12-14-25)30(38)20-19-28(32(39)36-29(21-41-33(36)40)22-7-3-1-4-8-22)31(24-9-5-2-6-10-24)35-26-15-17-27(37)18-16-26/h1-18,28-31,35,37-38H,19-21H2/t28-,29-,30+,31-/m1/s1. The quantitative estimate of drug-likeness (QED) is 0.193. The van der Waals surface area contributed by atoms with Crippen molar-refractivity contribution in [3.8, 4) is 5.75 Å². The summed E-state index contributed by atoms with van der Waals surface area (Å²) < 4.78 is 18.8. The van der Waals surface area contributed by atoms with Crippen LogP contribution in [0.3, 0.4) is 0 Å². The molecule has 1 heterocycles. The number of cyclic esters (lactones) is 1. The fourth-order valence-electron chi connectivity index (χ4n) is 5.20. The summed E-state index contributed by atoms with van der Waals surface area (Å²) in [5.74, 6) is -1.55. The fraction of sp³-hybridized carbons (Fsp3) is 0.212. The molecule has 0 aromatic heterocycles. The first-order valence-electron chi connectivity index (χ1n) is 13.5. The Labute approximate surface area is 237 Å². The topological polar surface area (TPSA) is 99.1 Å². The van der Waals surface area contributed by atoms with Crippen molar-refractivity contribution < 1.29 is 28.9 Å². The third-order valence-corrected chi connectivity index (χ3v) is 7.37. The van der Waals surface area contributed by atoms with Crippen molar-refractivity contribution in [3.63, 3.8) is 0 Å². The second-order valence-corrected chi connectivity index (χ2v) is 10.0. The molecule has 1 fully saturated rings. The predicted octanol–water partition coefficient (Wildman–Crippen LogP) is 6.53. The third kappa shape index (κ3) is 6.56. The summed E-state index contributed by atoms with van der Waals surface area (Å²) in [6.07, 6.45) is -1.29. The van der Waals surface area contributed by atoms with E-state index in [9.17, 15) is 24.2 Å². The van der Waals surface area contributed by atoms with Gasteiger partial charge in [0.05, 0.1) is 18.1 Å². The molecule has 0 bridgehead atoms. The highest BCUT2D eigenvalue weighted by atomic mass is 19.1. The lowest BCUT2D eigenvalue weighted by Crippen LogP contribution is -2.42. The van der Waals surface area contributed by atoms with Crippen LogP contribution in [0, 0.1) is 11.7 Å². The summed E-state index contributed by atoms with van der Waals surface area (Å²) in [6, 6.07) is 29.6. The van der Waals surface area contributed by atoms with E-state index in [2.05, 4.69) is 5.32 Å². The summed E-state index contributed by atoms with van der Waals surface area (Å²) in [7, 11) is 0. The molecule has 8 heteroatoms. The number of hydrogen-bond acceptors (Lipinski definition) is 6. The molecule has 4 aromatic rings. The van der Waals surface area contributed by atoms with Gasteiger partial charge in [-0.15, -0.1) is 0 Å². The number of phenols is 1. The number of aromatic hydroxyl groups is 1. The van der Waals surface area contributed by atoms with Gasteiger partial charge in [-0.1, -0.05) is 72.8 Å². The zero-order chi connectivity index (χ0) is 28.8. The Bertz CT molecular complexity index is 1450. The van der Waals surface area contributed by atoms with Gasteiger partial charge in [-0.3, -0.25) is 4.79 Å². The summed E-state index contributed by atoms with van der Waals surface area (Å²) in [4.78, 5) is 28.6. The number of aliphatic hydroxyl groups is 1. The van der Waals surface area contributed by atoms with E-state index in [0.717, 1.165) is 11.1 Å². The highest BCUT2D eigenvalue weighted by molar-refractivity contribution is 5.95. The van der Waals surface area contributed by atoms with Gasteiger partial charge in [0, 0.05) is 5.69 Å². The van der Waals surface area contributed by atoms with Crippen LogP contribution in [0.4, 0.5) is 14.9 Å². The van der Waals surface area contributed by atoms with Gasteiger partial charge in [0.25, 0.3) is 0 Å². The number of carbonyl (C=O) groups excluding carboxylic acids is 2. The van der Waals surface area contributed by atoms with Crippen molar-refractivity contribution in [2.24, 2.45) is 5.92 Å². The van der Waals surface area contributed by atoms with Crippen LogP contribution >= 0.6 is 0 Å². The monoisotopic (exact) mass is 554 g/mol. The average molecular weight is 555 g/mol. The predicted molar refractivity (Wildman–Crippen MR) is 152 cm³/mol. The first kappa shape index (κ1) is 27.9. The molecular formula is C33H31FN2O5. The second kappa shape index (κ2) is 12.7. The van der Waals surface area contributed by atoms with E-state index in [1.165, 1.54) is 29.2 Å². The molecule has 210 valence electrons. The average Bonchev–Trinajstić information content (AvgIpc) is 3.39. The molecule has 41 heavy (non-hydrogen) atoms. The Morgan fingerprint density at radius 1 is 0.878 bits per heavy atom. The number of rotatable bonds is 10. The molecule has 0 unspecified atom stereocenters. The Hall–Kier alpha value is -4.69. The van der Waals surface area contributed by atoms with Crippen molar-refractivity contribution >= 4 is 17.7 Å². The van der Waals surface area contributed by atoms with E-state index >= 15 is 0 Å². The summed E-state index contributed by atoms with van der Waals surface area (Å²) in [5, 5.41) is 24.2. The number of amides is 2. The first-order chi connectivity index (χ1) is 19.9. The van der Waals surface area contributed by atoms with Gasteiger partial charge >= 0.3 is 6.09 Å². The maximum atomic E-state index is 14.4. The van der Waals surface area contributed by atoms with E-state index in [1.807, 2.05) is 60.7 Å². The smallest absolute Gasteiger partial charge is 0.417 e. The van der Waals surface area contributed by atoms with E-state index < -0.39 is 41.9 Å². The third-order valence-electron chi connectivity index (χ3n) is 7.37. The number of imide groups is 1. The van der Waals surface area contributed by atoms with Crippen molar-refractivity contribution in [2.75, 3.05) is 11.9 Å². The molecule has 1 saturated heterocycles. The highest BCUT2D eigenvalue weighted by Crippen LogP contribution is 2.37. The van der Waals surface area contributed by atoms with Crippen LogP contribution in [0.15, 0.2) is 109 Å². The first-order valence-corrected chi connectivity index (χ1v) is 13.5. The van der Waals surface area contributed by atoms with Crippen LogP contribution in [0.5, 0.6) is 5.75 Å². The summed E-state index contributed by atoms with van der Waals surface area (Å²) in [6.45, 7) is 0.0426. The molecule has 1 aliphatic heterocycles. The maximum Gasteiger partial charge on any atom is 0.417 e. The van der Waals surface area contributed by atoms with Crippen molar-refractivity contribution in [3.05, 3.63) is 132 Å². The van der Waals surface area contributed by atoms with Crippen LogP contribution in [0.25, 0.3) is 0 Å². The number of anilines is 1. The molecule has 0 aliphatic carbocycles.